The third-order valence-electron chi connectivity index (χ3n) is 19.9. The molecule has 6 heteroatoms. The van der Waals surface area contributed by atoms with Gasteiger partial charge >= 0.3 is 0 Å². The second-order valence-corrected chi connectivity index (χ2v) is 30.6. The summed E-state index contributed by atoms with van der Waals surface area (Å²) in [5.41, 5.74) is 24.4. The fraction of sp³-hybridized carbons (Fsp3) is 0.176. The summed E-state index contributed by atoms with van der Waals surface area (Å²) in [5, 5.41) is 6.90. The number of aromatic nitrogens is 6. The summed E-state index contributed by atoms with van der Waals surface area (Å²) in [6.45, 7) is 27.8. The van der Waals surface area contributed by atoms with Crippen molar-refractivity contribution in [1.82, 2.24) is 28.7 Å². The van der Waals surface area contributed by atoms with Crippen molar-refractivity contribution in [3.05, 3.63) is 289 Å². The Morgan fingerprint density at radius 1 is 0.216 bits per heavy atom. The van der Waals surface area contributed by atoms with Crippen molar-refractivity contribution in [2.24, 2.45) is 0 Å². The lowest BCUT2D eigenvalue weighted by Crippen LogP contribution is -2.16. The maximum Gasteiger partial charge on any atom is 0.238 e. The van der Waals surface area contributed by atoms with Gasteiger partial charge in [0, 0.05) is 43.4 Å². The molecular formula is C91H80N6. The van der Waals surface area contributed by atoms with Crippen molar-refractivity contribution in [2.45, 2.75) is 105 Å². The van der Waals surface area contributed by atoms with Gasteiger partial charge in [-0.25, -0.2) is 4.98 Å². The highest BCUT2D eigenvalue weighted by atomic mass is 15.2. The molecule has 97 heavy (non-hydrogen) atoms. The van der Waals surface area contributed by atoms with E-state index < -0.39 is 0 Å². The first-order valence-corrected chi connectivity index (χ1v) is 34.2. The van der Waals surface area contributed by atoms with Gasteiger partial charge in [0.05, 0.1) is 44.5 Å². The number of nitrogens with zero attached hydrogens (tertiary/aromatic N) is 6. The Balaban J connectivity index is 0.981. The van der Waals surface area contributed by atoms with Crippen molar-refractivity contribution in [3.8, 4) is 84.6 Å². The molecule has 0 N–H and O–H groups in total. The van der Waals surface area contributed by atoms with Crippen LogP contribution in [0.4, 0.5) is 0 Å². The van der Waals surface area contributed by atoms with Gasteiger partial charge in [-0.15, -0.1) is 0 Å². The first kappa shape index (κ1) is 61.0. The van der Waals surface area contributed by atoms with Gasteiger partial charge in [0.2, 0.25) is 5.95 Å². The summed E-state index contributed by atoms with van der Waals surface area (Å²) >= 11 is 0. The van der Waals surface area contributed by atoms with Crippen LogP contribution in [0.3, 0.4) is 0 Å². The lowest BCUT2D eigenvalue weighted by Gasteiger charge is -2.26. The highest BCUT2D eigenvalue weighted by Gasteiger charge is 2.28. The van der Waals surface area contributed by atoms with Gasteiger partial charge in [-0.1, -0.05) is 265 Å². The minimum absolute atomic E-state index is 0.0647. The van der Waals surface area contributed by atoms with Gasteiger partial charge < -0.3 is 9.13 Å². The van der Waals surface area contributed by atoms with Crippen LogP contribution in [0.5, 0.6) is 0 Å². The Kier molecular flexibility index (Phi) is 14.4. The average molecular weight is 1260 g/mol. The third-order valence-corrected chi connectivity index (χ3v) is 19.9. The lowest BCUT2D eigenvalue weighted by atomic mass is 9.78. The molecule has 0 unspecified atom stereocenters. The summed E-state index contributed by atoms with van der Waals surface area (Å²) < 4.78 is 7.10. The van der Waals surface area contributed by atoms with Gasteiger partial charge in [0.15, 0.2) is 11.6 Å². The van der Waals surface area contributed by atoms with E-state index in [9.17, 15) is 0 Å². The number of para-hydroxylation sites is 4. The zero-order valence-electron chi connectivity index (χ0n) is 57.6. The van der Waals surface area contributed by atoms with Crippen molar-refractivity contribution in [1.29, 1.82) is 0 Å². The average Bonchev–Trinajstić information content (AvgIpc) is 1.62. The van der Waals surface area contributed by atoms with Gasteiger partial charge in [0.25, 0.3) is 0 Å². The monoisotopic (exact) mass is 1260 g/mol. The van der Waals surface area contributed by atoms with Crippen LogP contribution in [0.15, 0.2) is 267 Å². The molecule has 0 aliphatic rings. The Hall–Kier alpha value is -11.0. The number of hydrogen-bond acceptors (Lipinski definition) is 3. The van der Waals surface area contributed by atoms with Crippen LogP contribution >= 0.6 is 0 Å². The third kappa shape index (κ3) is 10.8. The number of hydrogen-bond donors (Lipinski definition) is 0. The van der Waals surface area contributed by atoms with Gasteiger partial charge in [-0.05, 0) is 173 Å². The molecule has 0 aliphatic heterocycles. The Morgan fingerprint density at radius 3 is 0.866 bits per heavy atom. The molecule has 16 rings (SSSR count). The molecule has 474 valence electrons. The van der Waals surface area contributed by atoms with Crippen LogP contribution < -0.4 is 0 Å². The summed E-state index contributed by atoms with van der Waals surface area (Å²) in [7, 11) is 0. The molecule has 16 aromatic rings. The molecule has 0 amide bonds. The van der Waals surface area contributed by atoms with E-state index in [2.05, 4.69) is 364 Å². The van der Waals surface area contributed by atoms with Gasteiger partial charge in [-0.2, -0.15) is 9.97 Å². The molecule has 4 heterocycles. The van der Waals surface area contributed by atoms with E-state index in [-0.39, 0.29) is 21.7 Å². The molecule has 0 radical (unpaired) electrons. The normalized spacial score (nSPS) is 12.5. The zero-order chi connectivity index (χ0) is 66.9. The lowest BCUT2D eigenvalue weighted by molar-refractivity contribution is 0.568. The number of benzene rings is 12. The SMILES string of the molecule is CC(C)(C)c1cc(-c2ccc3c(c2)c2cc(-c4cc(C(C)(C)C)cc(C(C)(C)C)c4)ccc2n3-c2nc(-c3ccccc3-n3c4ccccc4c4cc(-c5ccccc5)ccc43)nc(-c3ccccc3-n3c4ccccc4c4cc(-c5ccccc5)ccc43)n2)cc(C(C)(C)C)c1. The standard InChI is InChI=1S/C91H80N6/c1-88(2,3)65-47-63(48-66(55-65)89(4,5)6)61-41-45-83-75(53-61)76-54-62(64-49-67(90(7,8)9)56-68(50-64)91(10,11)12)42-46-84(76)97(83)87-93-85(71-33-21-25-37-79(71)95-77-35-23-19-31-69(77)73-51-59(39-43-81(73)95)57-27-15-13-16-28-57)92-86(94-87)72-34-22-26-38-80(72)96-78-36-24-20-32-70(78)74-52-60(40-44-82(74)96)58-29-17-14-18-30-58/h13-56H,1-12H3. The Labute approximate surface area is 569 Å². The summed E-state index contributed by atoms with van der Waals surface area (Å²) in [6.07, 6.45) is 0. The summed E-state index contributed by atoms with van der Waals surface area (Å²) in [5.74, 6) is 1.62. The fourth-order valence-electron chi connectivity index (χ4n) is 14.4. The van der Waals surface area contributed by atoms with E-state index in [1.807, 2.05) is 0 Å². The van der Waals surface area contributed by atoms with E-state index >= 15 is 0 Å². The highest BCUT2D eigenvalue weighted by Crippen LogP contribution is 2.45. The van der Waals surface area contributed by atoms with Crippen molar-refractivity contribution >= 4 is 65.4 Å². The largest absolute Gasteiger partial charge is 0.309 e. The van der Waals surface area contributed by atoms with Crippen LogP contribution in [0.2, 0.25) is 0 Å². The molecule has 12 aromatic carbocycles. The molecule has 0 spiro atoms. The van der Waals surface area contributed by atoms with E-state index in [1.54, 1.807) is 0 Å². The number of rotatable bonds is 9. The Morgan fingerprint density at radius 2 is 0.505 bits per heavy atom. The highest BCUT2D eigenvalue weighted by molar-refractivity contribution is 6.14. The second kappa shape index (κ2) is 22.9. The van der Waals surface area contributed by atoms with Crippen molar-refractivity contribution in [2.75, 3.05) is 0 Å². The van der Waals surface area contributed by atoms with E-state index in [1.165, 1.54) is 77.2 Å². The maximum absolute atomic E-state index is 5.82. The first-order chi connectivity index (χ1) is 46.6. The van der Waals surface area contributed by atoms with Crippen LogP contribution in [-0.4, -0.2) is 28.7 Å². The van der Waals surface area contributed by atoms with Gasteiger partial charge in [-0.3, -0.25) is 4.57 Å². The van der Waals surface area contributed by atoms with Crippen molar-refractivity contribution in [3.63, 3.8) is 0 Å². The van der Waals surface area contributed by atoms with Crippen LogP contribution in [-0.2, 0) is 21.7 Å². The fourth-order valence-corrected chi connectivity index (χ4v) is 14.4. The molecule has 4 aromatic heterocycles. The number of fused-ring (bicyclic) bond motifs is 9. The molecule has 0 aliphatic carbocycles. The Bertz CT molecular complexity index is 5370. The minimum atomic E-state index is -0.0647. The minimum Gasteiger partial charge on any atom is -0.309 e. The maximum atomic E-state index is 5.82. The van der Waals surface area contributed by atoms with Gasteiger partial charge in [0.1, 0.15) is 0 Å². The zero-order valence-corrected chi connectivity index (χ0v) is 57.6. The first-order valence-electron chi connectivity index (χ1n) is 34.2. The summed E-state index contributed by atoms with van der Waals surface area (Å²) in [6, 6.07) is 98.4. The molecule has 6 nitrogen and oxygen atoms in total. The molecule has 0 bridgehead atoms. The quantitative estimate of drug-likeness (QED) is 0.145. The predicted octanol–water partition coefficient (Wildman–Crippen LogP) is 24.4. The van der Waals surface area contributed by atoms with Crippen LogP contribution in [0.1, 0.15) is 105 Å². The van der Waals surface area contributed by atoms with E-state index in [0.29, 0.717) is 17.6 Å². The topological polar surface area (TPSA) is 53.5 Å². The summed E-state index contributed by atoms with van der Waals surface area (Å²) in [4.78, 5) is 17.4. The molecule has 0 atom stereocenters. The predicted molar refractivity (Wildman–Crippen MR) is 410 cm³/mol. The molecular weight excluding hydrogens is 1180 g/mol. The molecule has 0 saturated carbocycles. The smallest absolute Gasteiger partial charge is 0.238 e. The van der Waals surface area contributed by atoms with Crippen LogP contribution in [0, 0.1) is 0 Å². The van der Waals surface area contributed by atoms with Crippen molar-refractivity contribution < 1.29 is 0 Å². The second-order valence-electron chi connectivity index (χ2n) is 30.6. The van der Waals surface area contributed by atoms with Crippen LogP contribution in [0.25, 0.3) is 150 Å². The molecule has 0 saturated heterocycles. The van der Waals surface area contributed by atoms with E-state index in [4.69, 9.17) is 15.0 Å². The molecule has 0 fully saturated rings. The van der Waals surface area contributed by atoms with E-state index in [0.717, 1.165) is 77.5 Å².